The van der Waals surface area contributed by atoms with Gasteiger partial charge < -0.3 is 15.4 Å². The van der Waals surface area contributed by atoms with Crippen LogP contribution in [0.4, 0.5) is 0 Å². The van der Waals surface area contributed by atoms with E-state index in [-0.39, 0.29) is 0 Å². The second-order valence-corrected chi connectivity index (χ2v) is 4.10. The van der Waals surface area contributed by atoms with Crippen molar-refractivity contribution < 1.29 is 4.74 Å². The van der Waals surface area contributed by atoms with Crippen LogP contribution < -0.4 is 5.73 Å². The number of likely N-dealkylation sites (tertiary alicyclic amines) is 1. The molecular weight excluding hydrogens is 164 g/mol. The zero-order valence-corrected chi connectivity index (χ0v) is 8.83. The molecule has 1 saturated heterocycles. The van der Waals surface area contributed by atoms with Crippen LogP contribution in [0, 0.1) is 0 Å². The fraction of sp³-hybridized carbons (Fsp3) is 1.00. The van der Waals surface area contributed by atoms with Gasteiger partial charge in [-0.3, -0.25) is 0 Å². The van der Waals surface area contributed by atoms with Crippen molar-refractivity contribution in [2.45, 2.75) is 38.8 Å². The highest BCUT2D eigenvalue weighted by Gasteiger charge is 2.15. The maximum Gasteiger partial charge on any atom is 0.0596 e. The first-order valence-corrected chi connectivity index (χ1v) is 5.28. The fourth-order valence-corrected chi connectivity index (χ4v) is 1.59. The Labute approximate surface area is 81.2 Å². The Balaban J connectivity index is 2.02. The number of piperidine rings is 1. The van der Waals surface area contributed by atoms with Crippen LogP contribution in [0.1, 0.15) is 26.7 Å². The molecule has 1 rings (SSSR count). The zero-order chi connectivity index (χ0) is 9.68. The van der Waals surface area contributed by atoms with Crippen LogP contribution in [0.25, 0.3) is 0 Å². The normalized spacial score (nSPS) is 21.2. The molecule has 0 aromatic carbocycles. The molecule has 1 aliphatic heterocycles. The van der Waals surface area contributed by atoms with E-state index in [1.807, 2.05) is 0 Å². The van der Waals surface area contributed by atoms with E-state index in [1.165, 1.54) is 0 Å². The third-order valence-electron chi connectivity index (χ3n) is 2.49. The van der Waals surface area contributed by atoms with Crippen LogP contribution in [-0.4, -0.2) is 43.3 Å². The highest BCUT2D eigenvalue weighted by atomic mass is 16.5. The Morgan fingerprint density at radius 2 is 2.00 bits per heavy atom. The van der Waals surface area contributed by atoms with Crippen LogP contribution in [0.3, 0.4) is 0 Å². The summed E-state index contributed by atoms with van der Waals surface area (Å²) in [6, 6.07) is 0.433. The number of hydrogen-bond acceptors (Lipinski definition) is 3. The second-order valence-electron chi connectivity index (χ2n) is 4.10. The first kappa shape index (κ1) is 11.0. The molecule has 3 nitrogen and oxygen atoms in total. The maximum absolute atomic E-state index is 5.82. The molecule has 0 radical (unpaired) electrons. The lowest BCUT2D eigenvalue weighted by atomic mass is 10.1. The average molecular weight is 186 g/mol. The van der Waals surface area contributed by atoms with Gasteiger partial charge in [-0.2, -0.15) is 0 Å². The Morgan fingerprint density at radius 3 is 2.54 bits per heavy atom. The standard InChI is InChI=1S/C10H22N2O/c1-9(2)13-8-7-12-5-3-10(11)4-6-12/h9-10H,3-8,11H2,1-2H3. The zero-order valence-electron chi connectivity index (χ0n) is 8.83. The van der Waals surface area contributed by atoms with Crippen molar-refractivity contribution in [3.8, 4) is 0 Å². The van der Waals surface area contributed by atoms with Crippen LogP contribution in [-0.2, 0) is 4.74 Å². The third kappa shape index (κ3) is 4.60. The van der Waals surface area contributed by atoms with E-state index in [4.69, 9.17) is 10.5 Å². The first-order chi connectivity index (χ1) is 6.18. The van der Waals surface area contributed by atoms with Gasteiger partial charge in [-0.25, -0.2) is 0 Å². The molecular formula is C10H22N2O. The molecule has 0 saturated carbocycles. The summed E-state index contributed by atoms with van der Waals surface area (Å²) in [6.07, 6.45) is 2.63. The molecule has 13 heavy (non-hydrogen) atoms. The Kier molecular flexibility index (Phi) is 4.70. The van der Waals surface area contributed by atoms with Crippen LogP contribution in [0.2, 0.25) is 0 Å². The van der Waals surface area contributed by atoms with Crippen molar-refractivity contribution in [2.75, 3.05) is 26.2 Å². The van der Waals surface area contributed by atoms with E-state index in [0.717, 1.165) is 39.1 Å². The molecule has 1 heterocycles. The molecule has 0 amide bonds. The van der Waals surface area contributed by atoms with Gasteiger partial charge in [-0.15, -0.1) is 0 Å². The third-order valence-corrected chi connectivity index (χ3v) is 2.49. The summed E-state index contributed by atoms with van der Waals surface area (Å²) in [5, 5.41) is 0. The fourth-order valence-electron chi connectivity index (χ4n) is 1.59. The number of nitrogens with zero attached hydrogens (tertiary/aromatic N) is 1. The molecule has 0 spiro atoms. The molecule has 0 unspecified atom stereocenters. The number of rotatable bonds is 4. The highest BCUT2D eigenvalue weighted by Crippen LogP contribution is 2.07. The van der Waals surface area contributed by atoms with Gasteiger partial charge in [0, 0.05) is 12.6 Å². The largest absolute Gasteiger partial charge is 0.377 e. The Bertz CT molecular complexity index is 131. The van der Waals surface area contributed by atoms with E-state index in [1.54, 1.807) is 0 Å². The quantitative estimate of drug-likeness (QED) is 0.707. The molecule has 1 aliphatic rings. The van der Waals surface area contributed by atoms with E-state index in [0.29, 0.717) is 12.1 Å². The van der Waals surface area contributed by atoms with Gasteiger partial charge in [0.15, 0.2) is 0 Å². The maximum atomic E-state index is 5.82. The summed E-state index contributed by atoms with van der Waals surface area (Å²) in [4.78, 5) is 2.44. The lowest BCUT2D eigenvalue weighted by Gasteiger charge is -2.30. The minimum atomic E-state index is 0.354. The Hall–Kier alpha value is -0.120. The summed E-state index contributed by atoms with van der Waals surface area (Å²) in [5.74, 6) is 0. The molecule has 2 N–H and O–H groups in total. The first-order valence-electron chi connectivity index (χ1n) is 5.28. The van der Waals surface area contributed by atoms with Gasteiger partial charge in [0.2, 0.25) is 0 Å². The molecule has 1 fully saturated rings. The van der Waals surface area contributed by atoms with Crippen molar-refractivity contribution >= 4 is 0 Å². The van der Waals surface area contributed by atoms with Crippen molar-refractivity contribution in [2.24, 2.45) is 5.73 Å². The topological polar surface area (TPSA) is 38.5 Å². The summed E-state index contributed by atoms with van der Waals surface area (Å²) in [7, 11) is 0. The number of hydrogen-bond donors (Lipinski definition) is 1. The van der Waals surface area contributed by atoms with Gasteiger partial charge in [-0.05, 0) is 39.8 Å². The van der Waals surface area contributed by atoms with Crippen LogP contribution in [0.5, 0.6) is 0 Å². The predicted molar refractivity (Wildman–Crippen MR) is 54.7 cm³/mol. The summed E-state index contributed by atoms with van der Waals surface area (Å²) in [5.41, 5.74) is 5.82. The van der Waals surface area contributed by atoms with Gasteiger partial charge >= 0.3 is 0 Å². The Morgan fingerprint density at radius 1 is 1.38 bits per heavy atom. The summed E-state index contributed by atoms with van der Waals surface area (Å²) in [6.45, 7) is 8.35. The van der Waals surface area contributed by atoms with E-state index < -0.39 is 0 Å². The molecule has 3 heteroatoms. The van der Waals surface area contributed by atoms with E-state index in [2.05, 4.69) is 18.7 Å². The molecule has 0 atom stereocenters. The summed E-state index contributed by atoms with van der Waals surface area (Å²) >= 11 is 0. The molecule has 0 aromatic heterocycles. The van der Waals surface area contributed by atoms with Crippen molar-refractivity contribution in [1.29, 1.82) is 0 Å². The van der Waals surface area contributed by atoms with E-state index >= 15 is 0 Å². The lowest BCUT2D eigenvalue weighted by molar-refractivity contribution is 0.0538. The van der Waals surface area contributed by atoms with Gasteiger partial charge in [-0.1, -0.05) is 0 Å². The SMILES string of the molecule is CC(C)OCCN1CCC(N)CC1. The van der Waals surface area contributed by atoms with E-state index in [9.17, 15) is 0 Å². The molecule has 78 valence electrons. The average Bonchev–Trinajstić information content (AvgIpc) is 2.08. The molecule has 0 aromatic rings. The lowest BCUT2D eigenvalue weighted by Crippen LogP contribution is -2.41. The van der Waals surface area contributed by atoms with Crippen LogP contribution >= 0.6 is 0 Å². The smallest absolute Gasteiger partial charge is 0.0596 e. The number of nitrogens with two attached hydrogens (primary N) is 1. The van der Waals surface area contributed by atoms with Crippen molar-refractivity contribution in [3.63, 3.8) is 0 Å². The van der Waals surface area contributed by atoms with Crippen molar-refractivity contribution in [3.05, 3.63) is 0 Å². The van der Waals surface area contributed by atoms with Gasteiger partial charge in [0.25, 0.3) is 0 Å². The van der Waals surface area contributed by atoms with Gasteiger partial charge in [0.1, 0.15) is 0 Å². The second kappa shape index (κ2) is 5.58. The molecule has 0 bridgehead atoms. The molecule has 0 aliphatic carbocycles. The highest BCUT2D eigenvalue weighted by molar-refractivity contribution is 4.73. The summed E-state index contributed by atoms with van der Waals surface area (Å²) < 4.78 is 5.50. The van der Waals surface area contributed by atoms with Gasteiger partial charge in [0.05, 0.1) is 12.7 Å². The minimum absolute atomic E-state index is 0.354. The van der Waals surface area contributed by atoms with Crippen molar-refractivity contribution in [1.82, 2.24) is 4.90 Å². The van der Waals surface area contributed by atoms with Crippen LogP contribution in [0.15, 0.2) is 0 Å². The minimum Gasteiger partial charge on any atom is -0.377 e. The number of ether oxygens (including phenoxy) is 1. The monoisotopic (exact) mass is 186 g/mol. The predicted octanol–water partition coefficient (Wildman–Crippen LogP) is 0.834.